The van der Waals surface area contributed by atoms with E-state index in [0.29, 0.717) is 16.9 Å². The van der Waals surface area contributed by atoms with Gasteiger partial charge in [0.15, 0.2) is 0 Å². The number of para-hydroxylation sites is 2. The molecule has 0 aliphatic carbocycles. The number of anilines is 2. The summed E-state index contributed by atoms with van der Waals surface area (Å²) in [4.78, 5) is 27.4. The number of aromatic nitrogens is 1. The molecule has 0 saturated carbocycles. The molecule has 2 rings (SSSR count). The molecule has 1 heterocycles. The van der Waals surface area contributed by atoms with E-state index in [9.17, 15) is 9.59 Å². The summed E-state index contributed by atoms with van der Waals surface area (Å²) in [5.41, 5.74) is 1.31. The average Bonchev–Trinajstić information content (AvgIpc) is 2.50. The molecule has 0 fully saturated rings. The topological polar surface area (TPSA) is 94.9 Å². The van der Waals surface area contributed by atoms with Crippen LogP contribution in [0.4, 0.5) is 11.4 Å². The van der Waals surface area contributed by atoms with E-state index < -0.39 is 5.91 Å². The van der Waals surface area contributed by atoms with Crippen molar-refractivity contribution in [3.63, 3.8) is 0 Å². The Morgan fingerprint density at radius 1 is 1.10 bits per heavy atom. The van der Waals surface area contributed by atoms with E-state index in [-0.39, 0.29) is 12.3 Å². The van der Waals surface area contributed by atoms with E-state index in [1.165, 1.54) is 6.20 Å². The Labute approximate surface area is 121 Å². The van der Waals surface area contributed by atoms with Gasteiger partial charge in [0.2, 0.25) is 5.91 Å². The molecule has 1 aromatic heterocycles. The number of amides is 2. The van der Waals surface area contributed by atoms with Gasteiger partial charge in [0.05, 0.1) is 23.0 Å². The summed E-state index contributed by atoms with van der Waals surface area (Å²) in [6, 6.07) is 11.8. The van der Waals surface area contributed by atoms with Crippen molar-refractivity contribution in [2.75, 3.05) is 10.6 Å². The summed E-state index contributed by atoms with van der Waals surface area (Å²) in [5.74, 6) is -0.759. The van der Waals surface area contributed by atoms with Crippen LogP contribution in [0.2, 0.25) is 0 Å². The normalized spacial score (nSPS) is 9.48. The van der Waals surface area contributed by atoms with Crippen LogP contribution in [0.15, 0.2) is 48.8 Å². The maximum atomic E-state index is 12.1. The average molecular weight is 280 g/mol. The zero-order chi connectivity index (χ0) is 15.1. The fraction of sp³-hybridized carbons (Fsp3) is 0.0667. The number of hydrogen-bond donors (Lipinski definition) is 2. The minimum Gasteiger partial charge on any atom is -0.323 e. The zero-order valence-corrected chi connectivity index (χ0v) is 11.0. The Kier molecular flexibility index (Phi) is 4.62. The first-order chi connectivity index (χ1) is 10.2. The van der Waals surface area contributed by atoms with Crippen LogP contribution in [0.5, 0.6) is 0 Å². The van der Waals surface area contributed by atoms with E-state index in [4.69, 9.17) is 5.26 Å². The van der Waals surface area contributed by atoms with Crippen LogP contribution < -0.4 is 10.6 Å². The second-order valence-corrected chi connectivity index (χ2v) is 4.12. The number of pyridine rings is 1. The highest BCUT2D eigenvalue weighted by Gasteiger charge is 2.10. The molecule has 21 heavy (non-hydrogen) atoms. The molecule has 0 spiro atoms. The number of nitrogens with one attached hydrogen (secondary N) is 2. The lowest BCUT2D eigenvalue weighted by atomic mass is 10.2. The van der Waals surface area contributed by atoms with E-state index in [1.54, 1.807) is 48.7 Å². The third kappa shape index (κ3) is 3.88. The van der Waals surface area contributed by atoms with Gasteiger partial charge >= 0.3 is 0 Å². The van der Waals surface area contributed by atoms with Gasteiger partial charge in [0.1, 0.15) is 6.42 Å². The number of rotatable bonds is 4. The maximum absolute atomic E-state index is 12.1. The van der Waals surface area contributed by atoms with Gasteiger partial charge in [0.25, 0.3) is 5.91 Å². The first kappa shape index (κ1) is 14.2. The van der Waals surface area contributed by atoms with E-state index >= 15 is 0 Å². The Balaban J connectivity index is 2.15. The molecule has 0 atom stereocenters. The van der Waals surface area contributed by atoms with Gasteiger partial charge in [-0.05, 0) is 24.3 Å². The Hall–Kier alpha value is -3.20. The second kappa shape index (κ2) is 6.82. The molecule has 2 N–H and O–H groups in total. The molecular weight excluding hydrogens is 268 g/mol. The lowest BCUT2D eigenvalue weighted by molar-refractivity contribution is -0.115. The van der Waals surface area contributed by atoms with Crippen molar-refractivity contribution >= 4 is 23.2 Å². The predicted molar refractivity (Wildman–Crippen MR) is 77.5 cm³/mol. The van der Waals surface area contributed by atoms with Gasteiger partial charge in [-0.25, -0.2) is 0 Å². The number of carbonyl (C=O) groups is 2. The summed E-state index contributed by atoms with van der Waals surface area (Å²) in [7, 11) is 0. The zero-order valence-electron chi connectivity index (χ0n) is 11.0. The van der Waals surface area contributed by atoms with Crippen LogP contribution in [-0.4, -0.2) is 16.8 Å². The molecule has 0 aliphatic rings. The highest BCUT2D eigenvalue weighted by atomic mass is 16.2. The van der Waals surface area contributed by atoms with Gasteiger partial charge in [-0.15, -0.1) is 0 Å². The van der Waals surface area contributed by atoms with Crippen molar-refractivity contribution in [1.29, 1.82) is 5.26 Å². The summed E-state index contributed by atoms with van der Waals surface area (Å²) < 4.78 is 0. The van der Waals surface area contributed by atoms with Crippen LogP contribution >= 0.6 is 0 Å². The molecule has 6 heteroatoms. The van der Waals surface area contributed by atoms with Crippen molar-refractivity contribution in [2.24, 2.45) is 0 Å². The van der Waals surface area contributed by atoms with Gasteiger partial charge in [-0.3, -0.25) is 14.6 Å². The summed E-state index contributed by atoms with van der Waals surface area (Å²) >= 11 is 0. The van der Waals surface area contributed by atoms with Crippen molar-refractivity contribution in [2.45, 2.75) is 6.42 Å². The maximum Gasteiger partial charge on any atom is 0.257 e. The van der Waals surface area contributed by atoms with Crippen molar-refractivity contribution in [3.8, 4) is 6.07 Å². The second-order valence-electron chi connectivity index (χ2n) is 4.12. The number of nitriles is 1. The minimum absolute atomic E-state index is 0.245. The number of hydrogen-bond acceptors (Lipinski definition) is 4. The molecule has 0 saturated heterocycles. The molecule has 2 amide bonds. The van der Waals surface area contributed by atoms with Crippen LogP contribution in [0, 0.1) is 11.3 Å². The number of benzene rings is 1. The van der Waals surface area contributed by atoms with Gasteiger partial charge in [-0.2, -0.15) is 5.26 Å². The molecule has 0 aliphatic heterocycles. The quantitative estimate of drug-likeness (QED) is 0.897. The first-order valence-electron chi connectivity index (χ1n) is 6.18. The van der Waals surface area contributed by atoms with Gasteiger partial charge in [0, 0.05) is 12.4 Å². The summed E-state index contributed by atoms with van der Waals surface area (Å²) in [6.45, 7) is 0. The molecular formula is C15H12N4O2. The van der Waals surface area contributed by atoms with Crippen LogP contribution in [0.3, 0.4) is 0 Å². The Bertz CT molecular complexity index is 692. The van der Waals surface area contributed by atoms with Gasteiger partial charge < -0.3 is 10.6 Å². The SMILES string of the molecule is N#CCC(=O)Nc1ccccc1NC(=O)c1cccnc1. The Morgan fingerprint density at radius 2 is 1.81 bits per heavy atom. The number of nitrogens with zero attached hydrogens (tertiary/aromatic N) is 2. The molecule has 0 unspecified atom stereocenters. The molecule has 0 bridgehead atoms. The summed E-state index contributed by atoms with van der Waals surface area (Å²) in [6.07, 6.45) is 2.78. The van der Waals surface area contributed by atoms with E-state index in [1.807, 2.05) is 0 Å². The third-order valence-corrected chi connectivity index (χ3v) is 2.61. The van der Waals surface area contributed by atoms with Crippen LogP contribution in [0.25, 0.3) is 0 Å². The van der Waals surface area contributed by atoms with Crippen molar-refractivity contribution < 1.29 is 9.59 Å². The van der Waals surface area contributed by atoms with Crippen molar-refractivity contribution in [1.82, 2.24) is 4.98 Å². The highest BCUT2D eigenvalue weighted by molar-refractivity contribution is 6.07. The van der Waals surface area contributed by atoms with E-state index in [0.717, 1.165) is 0 Å². The van der Waals surface area contributed by atoms with Crippen LogP contribution in [0.1, 0.15) is 16.8 Å². The third-order valence-electron chi connectivity index (χ3n) is 2.61. The Morgan fingerprint density at radius 3 is 2.43 bits per heavy atom. The fourth-order valence-corrected chi connectivity index (χ4v) is 1.66. The fourth-order valence-electron chi connectivity index (χ4n) is 1.66. The molecule has 0 radical (unpaired) electrons. The molecule has 1 aromatic carbocycles. The lowest BCUT2D eigenvalue weighted by Crippen LogP contribution is -2.16. The van der Waals surface area contributed by atoms with Crippen molar-refractivity contribution in [3.05, 3.63) is 54.4 Å². The monoisotopic (exact) mass is 280 g/mol. The van der Waals surface area contributed by atoms with Crippen LogP contribution in [-0.2, 0) is 4.79 Å². The smallest absolute Gasteiger partial charge is 0.257 e. The molecule has 104 valence electrons. The largest absolute Gasteiger partial charge is 0.323 e. The summed E-state index contributed by atoms with van der Waals surface area (Å²) in [5, 5.41) is 13.8. The molecule has 2 aromatic rings. The number of carbonyl (C=O) groups excluding carboxylic acids is 2. The minimum atomic E-state index is -0.430. The first-order valence-corrected chi connectivity index (χ1v) is 6.18. The van der Waals surface area contributed by atoms with Gasteiger partial charge in [-0.1, -0.05) is 12.1 Å². The lowest BCUT2D eigenvalue weighted by Gasteiger charge is -2.11. The standard InChI is InChI=1S/C15H12N4O2/c16-8-7-14(20)18-12-5-1-2-6-13(12)19-15(21)11-4-3-9-17-10-11/h1-6,9-10H,7H2,(H,18,20)(H,19,21). The predicted octanol–water partition coefficient (Wildman–Crippen LogP) is 2.19. The van der Waals surface area contributed by atoms with E-state index in [2.05, 4.69) is 15.6 Å². The highest BCUT2D eigenvalue weighted by Crippen LogP contribution is 2.21. The molecule has 6 nitrogen and oxygen atoms in total.